The number of anilines is 1. The number of nitrogens with zero attached hydrogens (tertiary/aromatic N) is 2. The first kappa shape index (κ1) is 14.8. The van der Waals surface area contributed by atoms with Crippen LogP contribution < -0.4 is 15.6 Å². The van der Waals surface area contributed by atoms with Crippen LogP contribution in [0.5, 0.6) is 5.75 Å². The number of aromatic nitrogens is 2. The highest BCUT2D eigenvalue weighted by Gasteiger charge is 2.14. The molecule has 3 rings (SSSR count). The van der Waals surface area contributed by atoms with Gasteiger partial charge >= 0.3 is 0 Å². The topological polar surface area (TPSA) is 72.7 Å². The Kier molecular flexibility index (Phi) is 3.80. The second-order valence-electron chi connectivity index (χ2n) is 4.99. The maximum absolute atomic E-state index is 12.5. The molecule has 2 aromatic heterocycles. The smallest absolute Gasteiger partial charge is 0.281 e. The number of amides is 1. The molecule has 0 saturated carbocycles. The number of nitrogens with one attached hydrogen (secondary N) is 1. The molecule has 6 heteroatoms. The van der Waals surface area contributed by atoms with E-state index >= 15 is 0 Å². The maximum Gasteiger partial charge on any atom is 0.281 e. The maximum atomic E-state index is 12.5. The lowest BCUT2D eigenvalue weighted by Gasteiger charge is -2.10. The van der Waals surface area contributed by atoms with Crippen molar-refractivity contribution in [2.75, 3.05) is 12.4 Å². The summed E-state index contributed by atoms with van der Waals surface area (Å²) in [4.78, 5) is 29.2. The van der Waals surface area contributed by atoms with E-state index in [1.54, 1.807) is 55.6 Å². The Morgan fingerprint density at radius 2 is 2.04 bits per heavy atom. The molecule has 0 spiro atoms. The van der Waals surface area contributed by atoms with Crippen molar-refractivity contribution in [3.63, 3.8) is 0 Å². The van der Waals surface area contributed by atoms with Crippen molar-refractivity contribution in [2.24, 2.45) is 0 Å². The van der Waals surface area contributed by atoms with Crippen molar-refractivity contribution in [2.45, 2.75) is 6.92 Å². The van der Waals surface area contributed by atoms with Crippen LogP contribution in [0.1, 0.15) is 16.1 Å². The van der Waals surface area contributed by atoms with Crippen LogP contribution >= 0.6 is 0 Å². The zero-order valence-corrected chi connectivity index (χ0v) is 12.7. The standard InChI is InChI=1S/C17H15N3O3/c1-11-15(17(22)20-9-4-3-8-14(20)18-11)19-16(21)12-6-5-7-13(10-12)23-2/h3-10H,1-2H3,(H,19,21). The zero-order valence-electron chi connectivity index (χ0n) is 12.7. The van der Waals surface area contributed by atoms with Gasteiger partial charge in [0.2, 0.25) is 0 Å². The summed E-state index contributed by atoms with van der Waals surface area (Å²) in [6.45, 7) is 1.69. The van der Waals surface area contributed by atoms with Crippen molar-refractivity contribution in [1.82, 2.24) is 9.38 Å². The summed E-state index contributed by atoms with van der Waals surface area (Å²) in [6.07, 6.45) is 1.62. The molecular weight excluding hydrogens is 294 g/mol. The number of carbonyl (C=O) groups excluding carboxylic acids is 1. The van der Waals surface area contributed by atoms with E-state index in [4.69, 9.17) is 4.74 Å². The van der Waals surface area contributed by atoms with Crippen molar-refractivity contribution in [3.05, 3.63) is 70.3 Å². The van der Waals surface area contributed by atoms with Crippen molar-refractivity contribution in [3.8, 4) is 5.75 Å². The molecule has 1 N–H and O–H groups in total. The van der Waals surface area contributed by atoms with Gasteiger partial charge in [-0.2, -0.15) is 0 Å². The summed E-state index contributed by atoms with van der Waals surface area (Å²) in [5.41, 5.74) is 1.26. The van der Waals surface area contributed by atoms with Crippen LogP contribution in [0.3, 0.4) is 0 Å². The van der Waals surface area contributed by atoms with Gasteiger partial charge in [0.15, 0.2) is 0 Å². The van der Waals surface area contributed by atoms with Crippen LogP contribution in [0.4, 0.5) is 5.69 Å². The van der Waals surface area contributed by atoms with Crippen molar-refractivity contribution in [1.29, 1.82) is 0 Å². The fourth-order valence-electron chi connectivity index (χ4n) is 2.29. The van der Waals surface area contributed by atoms with Gasteiger partial charge < -0.3 is 10.1 Å². The fourth-order valence-corrected chi connectivity index (χ4v) is 2.29. The summed E-state index contributed by atoms with van der Waals surface area (Å²) in [5, 5.41) is 2.65. The monoisotopic (exact) mass is 309 g/mol. The molecule has 116 valence electrons. The lowest BCUT2D eigenvalue weighted by Crippen LogP contribution is -2.24. The quantitative estimate of drug-likeness (QED) is 0.805. The SMILES string of the molecule is COc1cccc(C(=O)Nc2c(C)nc3ccccn3c2=O)c1. The predicted octanol–water partition coefficient (Wildman–Crippen LogP) is 2.26. The first-order chi connectivity index (χ1) is 11.1. The molecule has 0 aliphatic carbocycles. The van der Waals surface area contributed by atoms with Crippen LogP contribution in [-0.2, 0) is 0 Å². The molecule has 1 aromatic carbocycles. The van der Waals surface area contributed by atoms with Gasteiger partial charge in [-0.1, -0.05) is 12.1 Å². The van der Waals surface area contributed by atoms with Gasteiger partial charge in [0.05, 0.1) is 12.8 Å². The predicted molar refractivity (Wildman–Crippen MR) is 87.1 cm³/mol. The van der Waals surface area contributed by atoms with E-state index in [1.807, 2.05) is 0 Å². The number of hydrogen-bond donors (Lipinski definition) is 1. The summed E-state index contributed by atoms with van der Waals surface area (Å²) in [7, 11) is 1.53. The number of carbonyl (C=O) groups is 1. The third-order valence-corrected chi connectivity index (χ3v) is 3.49. The van der Waals surface area contributed by atoms with Gasteiger partial charge in [0, 0.05) is 11.8 Å². The molecule has 6 nitrogen and oxygen atoms in total. The molecule has 23 heavy (non-hydrogen) atoms. The number of methoxy groups -OCH3 is 1. The number of pyridine rings is 1. The van der Waals surface area contributed by atoms with Gasteiger partial charge in [-0.25, -0.2) is 4.98 Å². The number of fused-ring (bicyclic) bond motifs is 1. The Hall–Kier alpha value is -3.15. The van der Waals surface area contributed by atoms with Gasteiger partial charge in [0.1, 0.15) is 17.1 Å². The highest BCUT2D eigenvalue weighted by molar-refractivity contribution is 6.04. The van der Waals surface area contributed by atoms with Crippen LogP contribution in [0.15, 0.2) is 53.5 Å². The van der Waals surface area contributed by atoms with Crippen molar-refractivity contribution >= 4 is 17.2 Å². The minimum Gasteiger partial charge on any atom is -0.497 e. The van der Waals surface area contributed by atoms with E-state index in [1.165, 1.54) is 11.5 Å². The Balaban J connectivity index is 2.01. The van der Waals surface area contributed by atoms with E-state index in [0.29, 0.717) is 22.7 Å². The van der Waals surface area contributed by atoms with Crippen molar-refractivity contribution < 1.29 is 9.53 Å². The van der Waals surface area contributed by atoms with Gasteiger partial charge in [-0.15, -0.1) is 0 Å². The Labute approximate surface area is 132 Å². The molecule has 0 radical (unpaired) electrons. The normalized spacial score (nSPS) is 10.5. The Morgan fingerprint density at radius 3 is 2.83 bits per heavy atom. The van der Waals surface area contributed by atoms with Crippen LogP contribution in [0, 0.1) is 6.92 Å². The van der Waals surface area contributed by atoms with Crippen LogP contribution in [0.2, 0.25) is 0 Å². The second-order valence-corrected chi connectivity index (χ2v) is 4.99. The Morgan fingerprint density at radius 1 is 1.22 bits per heavy atom. The highest BCUT2D eigenvalue weighted by atomic mass is 16.5. The minimum atomic E-state index is -0.387. The van der Waals surface area contributed by atoms with Gasteiger partial charge in [-0.3, -0.25) is 14.0 Å². The highest BCUT2D eigenvalue weighted by Crippen LogP contribution is 2.15. The summed E-state index contributed by atoms with van der Waals surface area (Å²) >= 11 is 0. The van der Waals surface area contributed by atoms with Gasteiger partial charge in [-0.05, 0) is 37.3 Å². The number of benzene rings is 1. The van der Waals surface area contributed by atoms with E-state index in [0.717, 1.165) is 0 Å². The lowest BCUT2D eigenvalue weighted by atomic mass is 10.2. The fraction of sp³-hybridized carbons (Fsp3) is 0.118. The van der Waals surface area contributed by atoms with E-state index in [9.17, 15) is 9.59 Å². The molecule has 0 unspecified atom stereocenters. The molecule has 3 aromatic rings. The number of aryl methyl sites for hydroxylation is 1. The molecule has 0 aliphatic rings. The van der Waals surface area contributed by atoms with E-state index in [2.05, 4.69) is 10.3 Å². The first-order valence-corrected chi connectivity index (χ1v) is 7.03. The van der Waals surface area contributed by atoms with Gasteiger partial charge in [0.25, 0.3) is 11.5 Å². The average molecular weight is 309 g/mol. The number of rotatable bonds is 3. The summed E-state index contributed by atoms with van der Waals surface area (Å²) in [6, 6.07) is 12.0. The molecule has 0 atom stereocenters. The second kappa shape index (κ2) is 5.92. The minimum absolute atomic E-state index is 0.168. The molecule has 1 amide bonds. The van der Waals surface area contributed by atoms with E-state index < -0.39 is 0 Å². The average Bonchev–Trinajstić information content (AvgIpc) is 2.58. The first-order valence-electron chi connectivity index (χ1n) is 7.03. The summed E-state index contributed by atoms with van der Waals surface area (Å²) < 4.78 is 6.50. The molecule has 2 heterocycles. The third-order valence-electron chi connectivity index (χ3n) is 3.49. The molecule has 0 aliphatic heterocycles. The number of ether oxygens (including phenoxy) is 1. The molecule has 0 saturated heterocycles. The summed E-state index contributed by atoms with van der Waals surface area (Å²) in [5.74, 6) is 0.185. The molecule has 0 fully saturated rings. The molecule has 0 bridgehead atoms. The van der Waals surface area contributed by atoms with E-state index in [-0.39, 0.29) is 17.2 Å². The largest absolute Gasteiger partial charge is 0.497 e. The number of hydrogen-bond acceptors (Lipinski definition) is 4. The van der Waals surface area contributed by atoms with Crippen LogP contribution in [0.25, 0.3) is 5.65 Å². The third kappa shape index (κ3) is 2.78. The zero-order chi connectivity index (χ0) is 16.4. The molecular formula is C17H15N3O3. The Bertz CT molecular complexity index is 947. The van der Waals surface area contributed by atoms with Crippen LogP contribution in [-0.4, -0.2) is 22.4 Å². The lowest BCUT2D eigenvalue weighted by molar-refractivity contribution is 0.102.